The number of hydrogen-bond acceptors (Lipinski definition) is 19. The minimum absolute atomic E-state index is 0.0563. The Labute approximate surface area is 383 Å². The first-order valence-corrected chi connectivity index (χ1v) is 21.5. The molecule has 6 rings (SSSR count). The molecule has 1 aliphatic carbocycles. The van der Waals surface area contributed by atoms with Crippen LogP contribution in [0, 0.1) is 5.41 Å². The number of anilines is 4. The van der Waals surface area contributed by atoms with E-state index >= 15 is 0 Å². The SMILES string of the molecule is COC(=O)CN(CC(=O)OC)c1ccccc1OCCOc1cc(NS(=O)(=O)c2c3oc4cc(N)ccc4c(-c4ccccc4C(=O)[O-])c-3ccc2=N)ccc1N(CC(=O)OC)CC(=O)OC. The molecule has 4 aromatic carbocycles. The van der Waals surface area contributed by atoms with Crippen LogP contribution in [0.3, 0.4) is 0 Å². The molecular weight excluding hydrogens is 895 g/mol. The van der Waals surface area contributed by atoms with Gasteiger partial charge < -0.3 is 58.3 Å². The van der Waals surface area contributed by atoms with Gasteiger partial charge in [-0.3, -0.25) is 29.3 Å². The van der Waals surface area contributed by atoms with E-state index in [-0.39, 0.29) is 88.5 Å². The average molecular weight is 939 g/mol. The van der Waals surface area contributed by atoms with Gasteiger partial charge in [0.05, 0.1) is 56.8 Å². The highest BCUT2D eigenvalue weighted by molar-refractivity contribution is 7.92. The van der Waals surface area contributed by atoms with Crippen molar-refractivity contribution in [1.82, 2.24) is 0 Å². The number of nitrogen functional groups attached to an aromatic ring is 1. The number of carboxylic acids is 1. The van der Waals surface area contributed by atoms with E-state index in [2.05, 4.69) is 4.72 Å². The lowest BCUT2D eigenvalue weighted by atomic mass is 9.90. The predicted octanol–water partition coefficient (Wildman–Crippen LogP) is 3.19. The number of sulfonamides is 1. The van der Waals surface area contributed by atoms with Gasteiger partial charge in [0.25, 0.3) is 10.0 Å². The maximum atomic E-state index is 14.6. The Morgan fingerprint density at radius 1 is 0.672 bits per heavy atom. The summed E-state index contributed by atoms with van der Waals surface area (Å²) in [5, 5.41) is 21.1. The summed E-state index contributed by atoms with van der Waals surface area (Å²) in [6.45, 7) is -1.97. The fourth-order valence-electron chi connectivity index (χ4n) is 7.02. The van der Waals surface area contributed by atoms with Gasteiger partial charge in [0, 0.05) is 39.9 Å². The Morgan fingerprint density at radius 3 is 1.82 bits per heavy atom. The van der Waals surface area contributed by atoms with Gasteiger partial charge in [-0.1, -0.05) is 36.4 Å². The van der Waals surface area contributed by atoms with E-state index < -0.39 is 63.2 Å². The van der Waals surface area contributed by atoms with Crippen molar-refractivity contribution < 1.29 is 70.3 Å². The second kappa shape index (κ2) is 21.1. The van der Waals surface area contributed by atoms with Crippen molar-refractivity contribution in [3.8, 4) is 33.9 Å². The van der Waals surface area contributed by atoms with E-state index in [1.165, 1.54) is 72.6 Å². The number of benzene rings is 5. The lowest BCUT2D eigenvalue weighted by Crippen LogP contribution is -2.36. The summed E-state index contributed by atoms with van der Waals surface area (Å²) in [5.41, 5.74) is 7.28. The van der Waals surface area contributed by atoms with E-state index in [1.807, 2.05) is 0 Å². The topological polar surface area (TPSA) is 279 Å². The average Bonchev–Trinajstić information content (AvgIpc) is 3.31. The number of carbonyl (C=O) groups excluding carboxylic acids is 5. The fraction of sp³-hybridized carbons (Fsp3) is 0.217. The zero-order valence-corrected chi connectivity index (χ0v) is 37.3. The molecule has 0 unspecified atom stereocenters. The number of para-hydroxylation sites is 2. The number of rotatable bonds is 20. The quantitative estimate of drug-likeness (QED) is 0.0326. The molecule has 21 heteroatoms. The number of carbonyl (C=O) groups is 5. The molecule has 1 heterocycles. The lowest BCUT2D eigenvalue weighted by molar-refractivity contribution is -0.255. The number of ether oxygens (including phenoxy) is 6. The third-order valence-corrected chi connectivity index (χ3v) is 11.5. The highest BCUT2D eigenvalue weighted by atomic mass is 32.2. The second-order valence-corrected chi connectivity index (χ2v) is 16.0. The Kier molecular flexibility index (Phi) is 15.2. The number of nitrogens with zero attached hydrogens (tertiary/aromatic N) is 2. The van der Waals surface area contributed by atoms with Crippen molar-refractivity contribution in [2.24, 2.45) is 0 Å². The fourth-order valence-corrected chi connectivity index (χ4v) is 8.31. The molecule has 20 nitrogen and oxygen atoms in total. The van der Waals surface area contributed by atoms with Crippen molar-refractivity contribution in [3.63, 3.8) is 0 Å². The smallest absolute Gasteiger partial charge is 0.325 e. The lowest BCUT2D eigenvalue weighted by Gasteiger charge is -2.26. The summed E-state index contributed by atoms with van der Waals surface area (Å²) in [4.78, 5) is 64.1. The molecule has 0 aromatic heterocycles. The van der Waals surface area contributed by atoms with Gasteiger partial charge in [0.1, 0.15) is 56.5 Å². The molecule has 0 bridgehead atoms. The van der Waals surface area contributed by atoms with Crippen molar-refractivity contribution >= 4 is 73.6 Å². The Balaban J connectivity index is 1.39. The minimum atomic E-state index is -4.77. The second-order valence-electron chi connectivity index (χ2n) is 14.4. The number of nitrogens with one attached hydrogen (secondary N) is 2. The molecule has 1 aliphatic heterocycles. The third-order valence-electron chi connectivity index (χ3n) is 10.1. The largest absolute Gasteiger partial charge is 0.545 e. The van der Waals surface area contributed by atoms with Crippen LogP contribution in [-0.4, -0.2) is 106 Å². The van der Waals surface area contributed by atoms with Gasteiger partial charge >= 0.3 is 23.9 Å². The van der Waals surface area contributed by atoms with Gasteiger partial charge in [0.15, 0.2) is 10.7 Å². The Hall–Kier alpha value is -8.33. The number of hydrogen-bond donors (Lipinski definition) is 3. The molecular formula is C46H44N5O15S-. The minimum Gasteiger partial charge on any atom is -0.545 e. The van der Waals surface area contributed by atoms with E-state index in [0.29, 0.717) is 11.1 Å². The van der Waals surface area contributed by atoms with E-state index in [4.69, 9.17) is 44.0 Å². The van der Waals surface area contributed by atoms with Crippen LogP contribution in [0.4, 0.5) is 22.7 Å². The van der Waals surface area contributed by atoms with Crippen molar-refractivity contribution in [2.75, 3.05) is 88.1 Å². The predicted molar refractivity (Wildman–Crippen MR) is 240 cm³/mol. The van der Waals surface area contributed by atoms with Crippen LogP contribution in [0.15, 0.2) is 106 Å². The summed E-state index contributed by atoms with van der Waals surface area (Å²) in [7, 11) is -0.0522. The number of nitrogens with two attached hydrogens (primary N) is 1. The van der Waals surface area contributed by atoms with Crippen LogP contribution in [0.1, 0.15) is 10.4 Å². The molecule has 0 spiro atoms. The summed E-state index contributed by atoms with van der Waals surface area (Å²) < 4.78 is 69.3. The number of methoxy groups -OCH3 is 4. The Morgan fingerprint density at radius 2 is 1.22 bits per heavy atom. The molecule has 2 aliphatic rings. The number of esters is 4. The molecule has 0 amide bonds. The zero-order chi connectivity index (χ0) is 48.4. The molecule has 0 radical (unpaired) electrons. The first-order chi connectivity index (χ1) is 32.1. The molecule has 0 fully saturated rings. The first kappa shape index (κ1) is 48.1. The standard InChI is InChI=1S/C46H45N5O15S/c1-60-39(52)23-50(24-40(53)61-2)34-11-7-8-12-36(34)64-19-20-65-38-22-28(14-18-35(38)51(25-41(54)62-3)26-42(55)63-4)49-67(58,59)45-33(48)17-16-32-43(29-9-5-6-10-30(29)46(56)57)31-15-13-27(47)21-37(31)66-44(32)45/h5-18,21-22,48-49H,19-20,23-26,47H2,1-4H3,(H,56,57)/p-1. The van der Waals surface area contributed by atoms with Crippen LogP contribution in [0.2, 0.25) is 0 Å². The van der Waals surface area contributed by atoms with Crippen molar-refractivity contribution in [2.45, 2.75) is 4.90 Å². The number of aromatic carboxylic acids is 1. The van der Waals surface area contributed by atoms with Gasteiger partial charge in [-0.25, -0.2) is 8.42 Å². The van der Waals surface area contributed by atoms with Gasteiger partial charge in [0.2, 0.25) is 0 Å². The van der Waals surface area contributed by atoms with Crippen LogP contribution in [0.5, 0.6) is 11.5 Å². The summed E-state index contributed by atoms with van der Waals surface area (Å²) in [6, 6.07) is 23.9. The zero-order valence-electron chi connectivity index (χ0n) is 36.5. The number of carboxylic acid groups (broad SMARTS) is 1. The van der Waals surface area contributed by atoms with E-state index in [1.54, 1.807) is 48.5 Å². The van der Waals surface area contributed by atoms with Crippen LogP contribution in [-0.2, 0) is 48.1 Å². The highest BCUT2D eigenvalue weighted by Crippen LogP contribution is 2.44. The maximum absolute atomic E-state index is 14.6. The van der Waals surface area contributed by atoms with Crippen LogP contribution in [0.25, 0.3) is 33.4 Å². The molecule has 0 saturated carbocycles. The molecule has 0 atom stereocenters. The first-order valence-electron chi connectivity index (χ1n) is 20.0. The summed E-state index contributed by atoms with van der Waals surface area (Å²) in [6.07, 6.45) is 0. The monoisotopic (exact) mass is 938 g/mol. The molecule has 4 aromatic rings. The van der Waals surface area contributed by atoms with Crippen molar-refractivity contribution in [1.29, 1.82) is 5.41 Å². The third kappa shape index (κ3) is 11.1. The maximum Gasteiger partial charge on any atom is 0.325 e. The van der Waals surface area contributed by atoms with Crippen molar-refractivity contribution in [3.05, 3.63) is 108 Å². The molecule has 0 saturated heterocycles. The van der Waals surface area contributed by atoms with Crippen LogP contribution >= 0.6 is 0 Å². The summed E-state index contributed by atoms with van der Waals surface area (Å²) >= 11 is 0. The highest BCUT2D eigenvalue weighted by Gasteiger charge is 2.30. The van der Waals surface area contributed by atoms with Gasteiger partial charge in [-0.15, -0.1) is 0 Å². The molecule has 350 valence electrons. The number of fused-ring (bicyclic) bond motifs is 2. The normalized spacial score (nSPS) is 11.0. The Bertz CT molecular complexity index is 2960. The van der Waals surface area contributed by atoms with Gasteiger partial charge in [-0.2, -0.15) is 0 Å². The van der Waals surface area contributed by atoms with Crippen LogP contribution < -0.4 is 40.2 Å². The molecule has 4 N–H and O–H groups in total. The van der Waals surface area contributed by atoms with E-state index in [0.717, 1.165) is 14.2 Å². The summed E-state index contributed by atoms with van der Waals surface area (Å²) in [5.74, 6) is -4.32. The van der Waals surface area contributed by atoms with E-state index in [9.17, 15) is 37.5 Å². The van der Waals surface area contributed by atoms with Gasteiger partial charge in [-0.05, 0) is 54.1 Å². The molecule has 67 heavy (non-hydrogen) atoms.